The van der Waals surface area contributed by atoms with E-state index in [1.54, 1.807) is 19.2 Å². The Bertz CT molecular complexity index is 333. The van der Waals surface area contributed by atoms with Gasteiger partial charge in [-0.15, -0.1) is 0 Å². The van der Waals surface area contributed by atoms with Crippen LogP contribution in [0.15, 0.2) is 24.3 Å². The molecule has 0 saturated carbocycles. The van der Waals surface area contributed by atoms with Gasteiger partial charge in [-0.3, -0.25) is 0 Å². The first-order chi connectivity index (χ1) is 8.15. The van der Waals surface area contributed by atoms with Gasteiger partial charge in [-0.25, -0.2) is 4.39 Å². The van der Waals surface area contributed by atoms with Gasteiger partial charge in [0.25, 0.3) is 0 Å². The zero-order chi connectivity index (χ0) is 12.7. The lowest BCUT2D eigenvalue weighted by Gasteiger charge is -2.21. The van der Waals surface area contributed by atoms with Gasteiger partial charge in [0.2, 0.25) is 0 Å². The number of rotatable bonds is 7. The summed E-state index contributed by atoms with van der Waals surface area (Å²) >= 11 is 0. The van der Waals surface area contributed by atoms with Crippen molar-refractivity contribution in [3.63, 3.8) is 0 Å². The minimum atomic E-state index is -0.288. The molecule has 0 aliphatic heterocycles. The Morgan fingerprint density at radius 3 is 2.76 bits per heavy atom. The van der Waals surface area contributed by atoms with Gasteiger partial charge < -0.3 is 15.4 Å². The third-order valence-electron chi connectivity index (χ3n) is 2.70. The maximum atomic E-state index is 13.5. The third kappa shape index (κ3) is 4.81. The van der Waals surface area contributed by atoms with E-state index < -0.39 is 0 Å². The van der Waals surface area contributed by atoms with Crippen LogP contribution in [-0.4, -0.2) is 38.8 Å². The van der Waals surface area contributed by atoms with Crippen LogP contribution in [0.1, 0.15) is 18.0 Å². The topological polar surface area (TPSA) is 38.5 Å². The van der Waals surface area contributed by atoms with Crippen LogP contribution in [0, 0.1) is 5.82 Å². The average Bonchev–Trinajstić information content (AvgIpc) is 2.29. The van der Waals surface area contributed by atoms with Gasteiger partial charge >= 0.3 is 0 Å². The normalized spacial score (nSPS) is 13.0. The molecule has 0 saturated heterocycles. The maximum Gasteiger partial charge on any atom is 0.128 e. The zero-order valence-corrected chi connectivity index (χ0v) is 10.5. The van der Waals surface area contributed by atoms with E-state index in [0.717, 1.165) is 19.6 Å². The second-order valence-electron chi connectivity index (χ2n) is 4.24. The van der Waals surface area contributed by atoms with Crippen molar-refractivity contribution >= 4 is 0 Å². The van der Waals surface area contributed by atoms with E-state index in [2.05, 4.69) is 4.90 Å². The predicted octanol–water partition coefficient (Wildman–Crippen LogP) is 1.79. The van der Waals surface area contributed by atoms with E-state index in [4.69, 9.17) is 10.5 Å². The summed E-state index contributed by atoms with van der Waals surface area (Å²) in [5, 5.41) is 0. The number of methoxy groups -OCH3 is 1. The van der Waals surface area contributed by atoms with Gasteiger partial charge in [-0.2, -0.15) is 0 Å². The number of halogens is 1. The van der Waals surface area contributed by atoms with Crippen molar-refractivity contribution in [1.29, 1.82) is 0 Å². The van der Waals surface area contributed by atoms with Gasteiger partial charge in [0.1, 0.15) is 5.82 Å². The summed E-state index contributed by atoms with van der Waals surface area (Å²) in [5.74, 6) is -0.231. The summed E-state index contributed by atoms with van der Waals surface area (Å²) in [6, 6.07) is 6.38. The molecule has 96 valence electrons. The van der Waals surface area contributed by atoms with Crippen LogP contribution in [0.5, 0.6) is 0 Å². The van der Waals surface area contributed by atoms with Crippen molar-refractivity contribution in [3.05, 3.63) is 35.6 Å². The lowest BCUT2D eigenvalue weighted by Crippen LogP contribution is -2.30. The molecule has 1 aromatic rings. The lowest BCUT2D eigenvalue weighted by molar-refractivity contribution is 0.177. The Kier molecular flexibility index (Phi) is 6.11. The van der Waals surface area contributed by atoms with E-state index in [9.17, 15) is 4.39 Å². The van der Waals surface area contributed by atoms with Gasteiger partial charge in [0.05, 0.1) is 0 Å². The van der Waals surface area contributed by atoms with Crippen molar-refractivity contribution in [2.24, 2.45) is 5.73 Å². The van der Waals surface area contributed by atoms with Crippen LogP contribution in [0.4, 0.5) is 4.39 Å². The quantitative estimate of drug-likeness (QED) is 0.738. The first-order valence-corrected chi connectivity index (χ1v) is 5.82. The van der Waals surface area contributed by atoms with E-state index in [-0.39, 0.29) is 11.9 Å². The maximum absolute atomic E-state index is 13.5. The van der Waals surface area contributed by atoms with E-state index >= 15 is 0 Å². The standard InChI is InChI=1S/C13H21FN2O/c1-16(8-5-9-17-2)10-13(15)11-6-3-4-7-12(11)14/h3-4,6-7,13H,5,8-10,15H2,1-2H3. The molecule has 4 heteroatoms. The molecule has 1 unspecified atom stereocenters. The number of ether oxygens (including phenoxy) is 1. The highest BCUT2D eigenvalue weighted by molar-refractivity contribution is 5.21. The van der Waals surface area contributed by atoms with Crippen LogP contribution >= 0.6 is 0 Å². The van der Waals surface area contributed by atoms with E-state index in [1.165, 1.54) is 6.07 Å². The Hall–Kier alpha value is -0.970. The number of likely N-dealkylation sites (N-methyl/N-ethyl adjacent to an activating group) is 1. The molecule has 0 bridgehead atoms. The first kappa shape index (κ1) is 14.1. The third-order valence-corrected chi connectivity index (χ3v) is 2.70. The van der Waals surface area contributed by atoms with Crippen LogP contribution in [0.25, 0.3) is 0 Å². The predicted molar refractivity (Wildman–Crippen MR) is 67.3 cm³/mol. The van der Waals surface area contributed by atoms with Crippen molar-refractivity contribution in [2.45, 2.75) is 12.5 Å². The number of benzene rings is 1. The van der Waals surface area contributed by atoms with Gasteiger partial charge in [-0.05, 0) is 19.5 Å². The fraction of sp³-hybridized carbons (Fsp3) is 0.538. The molecule has 1 aromatic carbocycles. The highest BCUT2D eigenvalue weighted by Gasteiger charge is 2.12. The van der Waals surface area contributed by atoms with Crippen molar-refractivity contribution in [1.82, 2.24) is 4.90 Å². The van der Waals surface area contributed by atoms with Crippen molar-refractivity contribution < 1.29 is 9.13 Å². The molecule has 17 heavy (non-hydrogen) atoms. The van der Waals surface area contributed by atoms with Crippen LogP contribution in [0.2, 0.25) is 0 Å². The fourth-order valence-corrected chi connectivity index (χ4v) is 1.78. The first-order valence-electron chi connectivity index (χ1n) is 5.82. The Labute approximate surface area is 102 Å². The van der Waals surface area contributed by atoms with Crippen LogP contribution in [-0.2, 0) is 4.74 Å². The molecule has 0 aromatic heterocycles. The largest absolute Gasteiger partial charge is 0.385 e. The lowest BCUT2D eigenvalue weighted by atomic mass is 10.1. The molecule has 3 nitrogen and oxygen atoms in total. The molecule has 0 aliphatic rings. The second kappa shape index (κ2) is 7.37. The summed E-state index contributed by atoms with van der Waals surface area (Å²) in [6.07, 6.45) is 0.955. The highest BCUT2D eigenvalue weighted by Crippen LogP contribution is 2.15. The molecule has 1 atom stereocenters. The molecular formula is C13H21FN2O. The fourth-order valence-electron chi connectivity index (χ4n) is 1.78. The molecule has 0 aliphatic carbocycles. The highest BCUT2D eigenvalue weighted by atomic mass is 19.1. The van der Waals surface area contributed by atoms with Gasteiger partial charge in [0, 0.05) is 38.4 Å². The number of nitrogens with zero attached hydrogens (tertiary/aromatic N) is 1. The summed E-state index contributed by atoms with van der Waals surface area (Å²) < 4.78 is 18.5. The Balaban J connectivity index is 2.43. The van der Waals surface area contributed by atoms with E-state index in [0.29, 0.717) is 12.1 Å². The Morgan fingerprint density at radius 2 is 2.12 bits per heavy atom. The zero-order valence-electron chi connectivity index (χ0n) is 10.5. The monoisotopic (exact) mass is 240 g/mol. The molecule has 0 spiro atoms. The molecule has 1 rings (SSSR count). The number of nitrogens with two attached hydrogens (primary N) is 1. The smallest absolute Gasteiger partial charge is 0.128 e. The molecule has 2 N–H and O–H groups in total. The summed E-state index contributed by atoms with van der Waals surface area (Å²) in [5.41, 5.74) is 6.56. The van der Waals surface area contributed by atoms with Crippen molar-refractivity contribution in [3.8, 4) is 0 Å². The SMILES string of the molecule is COCCCN(C)CC(N)c1ccccc1F. The average molecular weight is 240 g/mol. The minimum Gasteiger partial charge on any atom is -0.385 e. The number of hydrogen-bond donors (Lipinski definition) is 1. The minimum absolute atomic E-state index is 0.231. The molecule has 0 heterocycles. The van der Waals surface area contributed by atoms with Crippen LogP contribution < -0.4 is 5.73 Å². The summed E-state index contributed by atoms with van der Waals surface area (Å²) in [7, 11) is 3.67. The summed E-state index contributed by atoms with van der Waals surface area (Å²) in [4.78, 5) is 2.09. The second-order valence-corrected chi connectivity index (χ2v) is 4.24. The molecule has 0 radical (unpaired) electrons. The van der Waals surface area contributed by atoms with Crippen molar-refractivity contribution in [2.75, 3.05) is 33.9 Å². The van der Waals surface area contributed by atoms with E-state index in [1.807, 2.05) is 13.1 Å². The number of hydrogen-bond acceptors (Lipinski definition) is 3. The molecule has 0 fully saturated rings. The Morgan fingerprint density at radius 1 is 1.41 bits per heavy atom. The van der Waals surface area contributed by atoms with Gasteiger partial charge in [0.15, 0.2) is 0 Å². The summed E-state index contributed by atoms with van der Waals surface area (Å²) in [6.45, 7) is 2.28. The molecule has 0 amide bonds. The van der Waals surface area contributed by atoms with Crippen LogP contribution in [0.3, 0.4) is 0 Å². The molecular weight excluding hydrogens is 219 g/mol. The van der Waals surface area contributed by atoms with Gasteiger partial charge in [-0.1, -0.05) is 18.2 Å².